The predicted octanol–water partition coefficient (Wildman–Crippen LogP) is 9.61. The summed E-state index contributed by atoms with van der Waals surface area (Å²) < 4.78 is 106. The number of methoxy groups -OCH3 is 2. The summed E-state index contributed by atoms with van der Waals surface area (Å²) in [6.45, 7) is 7.87. The number of carbonyl (C=O) groups excluding carboxylic acids is 2. The zero-order valence-corrected chi connectivity index (χ0v) is 39.0. The molecule has 0 aliphatic carbocycles. The average Bonchev–Trinajstić information content (AvgIpc) is 3.88. The zero-order valence-electron chi connectivity index (χ0n) is 39.0. The van der Waals surface area contributed by atoms with Crippen LogP contribution >= 0.6 is 0 Å². The van der Waals surface area contributed by atoms with E-state index in [-0.39, 0.29) is 37.4 Å². The molecule has 0 saturated carbocycles. The largest absolute Gasteiger partial charge is 0.497 e. The van der Waals surface area contributed by atoms with Gasteiger partial charge < -0.3 is 34.1 Å². The maximum Gasteiger partial charge on any atom is 0.417 e. The number of aromatic nitrogens is 4. The van der Waals surface area contributed by atoms with Gasteiger partial charge in [-0.2, -0.15) is 18.3 Å². The van der Waals surface area contributed by atoms with Crippen molar-refractivity contribution in [2.75, 3.05) is 31.0 Å². The second kappa shape index (κ2) is 18.0. The van der Waals surface area contributed by atoms with Gasteiger partial charge >= 0.3 is 12.3 Å². The topological polar surface area (TPSA) is 136 Å². The van der Waals surface area contributed by atoms with E-state index in [1.54, 1.807) is 109 Å². The Bertz CT molecular complexity index is 2870. The van der Waals surface area contributed by atoms with E-state index in [4.69, 9.17) is 18.9 Å². The van der Waals surface area contributed by atoms with Gasteiger partial charge in [0.05, 0.1) is 49.3 Å². The summed E-state index contributed by atoms with van der Waals surface area (Å²) in [5.41, 5.74) is -3.32. The number of hydrogen-bond acceptors (Lipinski definition) is 11. The zero-order chi connectivity index (χ0) is 49.1. The Hall–Kier alpha value is -7.18. The van der Waals surface area contributed by atoms with Crippen LogP contribution in [-0.2, 0) is 30.5 Å². The second-order valence-electron chi connectivity index (χ2n) is 18.5. The molecule has 0 radical (unpaired) electrons. The molecule has 2 amide bonds. The summed E-state index contributed by atoms with van der Waals surface area (Å²) in [6.07, 6.45) is -2.62. The molecular weight excluding hydrogens is 904 g/mol. The summed E-state index contributed by atoms with van der Waals surface area (Å²) in [6, 6.07) is 16.4. The highest BCUT2D eigenvalue weighted by Crippen LogP contribution is 2.48. The van der Waals surface area contributed by atoms with Crippen LogP contribution in [0.25, 0.3) is 16.9 Å². The van der Waals surface area contributed by atoms with Gasteiger partial charge in [0.25, 0.3) is 5.91 Å². The minimum absolute atomic E-state index is 0.00896. The van der Waals surface area contributed by atoms with Crippen LogP contribution in [0.15, 0.2) is 79.3 Å². The third-order valence-corrected chi connectivity index (χ3v) is 12.9. The number of carbonyl (C=O) groups is 2. The molecule has 14 nitrogen and oxygen atoms in total. The van der Waals surface area contributed by atoms with E-state index >= 15 is 26.7 Å². The van der Waals surface area contributed by atoms with Crippen LogP contribution in [0, 0.1) is 18.6 Å². The maximum atomic E-state index is 18.0. The minimum Gasteiger partial charge on any atom is -0.497 e. The van der Waals surface area contributed by atoms with Crippen molar-refractivity contribution in [3.63, 3.8) is 0 Å². The van der Waals surface area contributed by atoms with Gasteiger partial charge in [-0.25, -0.2) is 28.1 Å². The molecule has 9 rings (SSSR count). The van der Waals surface area contributed by atoms with Crippen LogP contribution in [0.3, 0.4) is 0 Å². The first-order valence-electron chi connectivity index (χ1n) is 22.5. The molecule has 4 atom stereocenters. The second-order valence-corrected chi connectivity index (χ2v) is 18.5. The van der Waals surface area contributed by atoms with E-state index in [0.717, 1.165) is 13.0 Å². The van der Waals surface area contributed by atoms with E-state index in [1.807, 2.05) is 0 Å². The average molecular weight is 955 g/mol. The van der Waals surface area contributed by atoms with Gasteiger partial charge in [-0.05, 0) is 106 Å². The number of benzene rings is 3. The number of alkyl halides is 3. The molecule has 6 aromatic rings. The summed E-state index contributed by atoms with van der Waals surface area (Å²) in [7, 11) is 3.02. The number of pyridine rings is 2. The molecule has 3 aliphatic heterocycles. The molecule has 6 heterocycles. The molecule has 2 bridgehead atoms. The number of nitrogens with one attached hydrogen (secondary N) is 1. The standard InChI is InChI=1S/C50H51F5N8O6/c1-27-40(50(53,54)55)35(20-37(41(27)51)60(22-29-8-14-33(66-6)15-9-29)23-30-10-16-34(67-7)17-11-30)43-42(52)44(56-21-31-12-19-38-57-26-58-62(38)24-31)39-46(59-43)68-28(2)45-36-18-13-32(25-61(45)47(39)64)63(36)48(65)69-49(3,4)5/h8-12,14-17,19-20,24,26,28,32,36,45H,13,18,21-23,25H2,1-7H3,(H,56,59)/t28-,32+,36-,45+/m0/s1. The van der Waals surface area contributed by atoms with Gasteiger partial charge in [0.1, 0.15) is 46.6 Å². The van der Waals surface area contributed by atoms with Gasteiger partial charge in [0.2, 0.25) is 5.88 Å². The van der Waals surface area contributed by atoms with Crippen molar-refractivity contribution in [2.24, 2.45) is 0 Å². The fourth-order valence-electron chi connectivity index (χ4n) is 9.77. The highest BCUT2D eigenvalue weighted by Gasteiger charge is 2.55. The molecule has 19 heteroatoms. The fourth-order valence-corrected chi connectivity index (χ4v) is 9.77. The molecule has 69 heavy (non-hydrogen) atoms. The number of piperazine rings is 1. The predicted molar refractivity (Wildman–Crippen MR) is 245 cm³/mol. The van der Waals surface area contributed by atoms with Gasteiger partial charge in [0.15, 0.2) is 11.5 Å². The van der Waals surface area contributed by atoms with E-state index in [9.17, 15) is 4.79 Å². The van der Waals surface area contributed by atoms with Crippen molar-refractivity contribution in [1.82, 2.24) is 29.4 Å². The lowest BCUT2D eigenvalue weighted by molar-refractivity contribution is -0.137. The number of ether oxygens (including phenoxy) is 4. The highest BCUT2D eigenvalue weighted by atomic mass is 19.4. The number of amides is 2. The summed E-state index contributed by atoms with van der Waals surface area (Å²) >= 11 is 0. The van der Waals surface area contributed by atoms with Crippen molar-refractivity contribution >= 4 is 29.0 Å². The van der Waals surface area contributed by atoms with Crippen LogP contribution in [0.5, 0.6) is 17.4 Å². The van der Waals surface area contributed by atoms with E-state index < -0.39 is 93.6 Å². The third kappa shape index (κ3) is 9.01. The van der Waals surface area contributed by atoms with Crippen LogP contribution in [0.4, 0.5) is 38.1 Å². The molecule has 0 unspecified atom stereocenters. The smallest absolute Gasteiger partial charge is 0.417 e. The molecular formula is C50H51F5N8O6. The molecule has 362 valence electrons. The number of halogens is 5. The monoisotopic (exact) mass is 954 g/mol. The Labute approximate surface area is 394 Å². The number of hydrogen-bond donors (Lipinski definition) is 1. The van der Waals surface area contributed by atoms with Crippen molar-refractivity contribution in [2.45, 2.75) is 103 Å². The van der Waals surface area contributed by atoms with Crippen molar-refractivity contribution in [3.05, 3.63) is 124 Å². The van der Waals surface area contributed by atoms with Crippen molar-refractivity contribution in [1.29, 1.82) is 0 Å². The quantitative estimate of drug-likeness (QED) is 0.124. The molecule has 1 N–H and O–H groups in total. The van der Waals surface area contributed by atoms with Crippen molar-refractivity contribution in [3.8, 4) is 28.6 Å². The van der Waals surface area contributed by atoms with Crippen LogP contribution in [0.1, 0.15) is 78.7 Å². The third-order valence-electron chi connectivity index (χ3n) is 12.9. The SMILES string of the molecule is COc1ccc(CN(Cc2ccc(OC)cc2)c2cc(-c3nc4c(c(NCc5ccc6ncnn6c5)c3F)C(=O)N3C[C@H]5CC[C@@H]([C@H]3[C@H](C)O4)N5C(=O)OC(C)(C)C)c(C(F)(F)F)c(C)c2F)cc1. The Morgan fingerprint density at radius 1 is 0.913 bits per heavy atom. The summed E-state index contributed by atoms with van der Waals surface area (Å²) in [4.78, 5) is 42.2. The molecule has 0 spiro atoms. The molecule has 3 aromatic heterocycles. The van der Waals surface area contributed by atoms with Gasteiger partial charge in [-0.3, -0.25) is 9.69 Å². The first kappa shape index (κ1) is 46.9. The lowest BCUT2D eigenvalue weighted by atomic mass is 9.94. The molecule has 2 fully saturated rings. The molecule has 3 aliphatic rings. The van der Waals surface area contributed by atoms with Crippen LogP contribution in [0.2, 0.25) is 0 Å². The summed E-state index contributed by atoms with van der Waals surface area (Å²) in [5, 5.41) is 7.19. The lowest BCUT2D eigenvalue weighted by Crippen LogP contribution is -2.65. The Morgan fingerprint density at radius 2 is 1.55 bits per heavy atom. The fraction of sp³-hybridized carbons (Fsp3) is 0.380. The Kier molecular flexibility index (Phi) is 12.3. The van der Waals surface area contributed by atoms with Crippen LogP contribution < -0.4 is 24.4 Å². The number of nitrogens with zero attached hydrogens (tertiary/aromatic N) is 7. The first-order valence-corrected chi connectivity index (χ1v) is 22.5. The number of fused-ring (bicyclic) bond motifs is 6. The van der Waals surface area contributed by atoms with Gasteiger partial charge in [-0.1, -0.05) is 30.3 Å². The molecule has 2 saturated heterocycles. The summed E-state index contributed by atoms with van der Waals surface area (Å²) in [5.74, 6) is -2.47. The van der Waals surface area contributed by atoms with E-state index in [1.165, 1.54) is 25.1 Å². The minimum atomic E-state index is -5.22. The maximum absolute atomic E-state index is 18.0. The Balaban J connectivity index is 1.21. The number of rotatable bonds is 11. The number of anilines is 2. The van der Waals surface area contributed by atoms with Crippen LogP contribution in [-0.4, -0.2) is 92.0 Å². The van der Waals surface area contributed by atoms with E-state index in [0.29, 0.717) is 46.7 Å². The lowest BCUT2D eigenvalue weighted by Gasteiger charge is -2.47. The van der Waals surface area contributed by atoms with Gasteiger partial charge in [-0.15, -0.1) is 0 Å². The van der Waals surface area contributed by atoms with E-state index in [2.05, 4.69) is 20.4 Å². The first-order chi connectivity index (χ1) is 32.8. The highest BCUT2D eigenvalue weighted by molar-refractivity contribution is 6.03. The van der Waals surface area contributed by atoms with Gasteiger partial charge in [0, 0.05) is 37.9 Å². The normalized spacial score (nSPS) is 18.9. The molecule has 3 aromatic carbocycles. The van der Waals surface area contributed by atoms with Crippen molar-refractivity contribution < 1.29 is 50.5 Å². The Morgan fingerprint density at radius 3 is 2.16 bits per heavy atom.